The van der Waals surface area contributed by atoms with E-state index in [1.54, 1.807) is 12.4 Å². The summed E-state index contributed by atoms with van der Waals surface area (Å²) in [5.74, 6) is 0.337. The average Bonchev–Trinajstić information content (AvgIpc) is 2.94. The summed E-state index contributed by atoms with van der Waals surface area (Å²) in [5, 5.41) is 8.34. The molecular formula is C19H23N5O3S. The lowest BCUT2D eigenvalue weighted by Crippen LogP contribution is -2.21. The highest BCUT2D eigenvalue weighted by atomic mass is 32.2. The molecule has 0 atom stereocenters. The van der Waals surface area contributed by atoms with Gasteiger partial charge in [-0.1, -0.05) is 19.4 Å². The van der Waals surface area contributed by atoms with Crippen LogP contribution in [-0.2, 0) is 22.9 Å². The molecule has 0 amide bonds. The fourth-order valence-electron chi connectivity index (χ4n) is 3.04. The number of aromatic amines is 1. The first-order valence-corrected chi connectivity index (χ1v) is 10.6. The fourth-order valence-corrected chi connectivity index (χ4v) is 3.78. The summed E-state index contributed by atoms with van der Waals surface area (Å²) in [6.45, 7) is 3.82. The Labute approximate surface area is 163 Å². The fraction of sp³-hybridized carbons (Fsp3) is 0.316. The van der Waals surface area contributed by atoms with E-state index in [0.29, 0.717) is 29.9 Å². The normalized spacial score (nSPS) is 11.7. The van der Waals surface area contributed by atoms with Gasteiger partial charge in [0.2, 0.25) is 10.0 Å². The Morgan fingerprint density at radius 1 is 1.25 bits per heavy atom. The molecule has 28 heavy (non-hydrogen) atoms. The molecule has 0 aliphatic rings. The molecule has 0 saturated carbocycles. The van der Waals surface area contributed by atoms with Gasteiger partial charge in [-0.2, -0.15) is 0 Å². The van der Waals surface area contributed by atoms with Crippen LogP contribution in [0.2, 0.25) is 0 Å². The Morgan fingerprint density at radius 2 is 2.04 bits per heavy atom. The third-order valence-corrected chi connectivity index (χ3v) is 5.50. The van der Waals surface area contributed by atoms with Crippen LogP contribution in [0, 0.1) is 6.92 Å². The predicted octanol–water partition coefficient (Wildman–Crippen LogP) is 1.84. The first-order valence-electron chi connectivity index (χ1n) is 9.03. The van der Waals surface area contributed by atoms with E-state index in [0.717, 1.165) is 24.1 Å². The molecule has 0 saturated heterocycles. The number of aryl methyl sites for hydroxylation is 2. The molecule has 3 heterocycles. The number of sulfonamides is 1. The number of H-pyrrole nitrogens is 1. The van der Waals surface area contributed by atoms with Crippen LogP contribution in [0.3, 0.4) is 0 Å². The Kier molecular flexibility index (Phi) is 5.76. The van der Waals surface area contributed by atoms with E-state index < -0.39 is 10.0 Å². The van der Waals surface area contributed by atoms with Crippen molar-refractivity contribution in [3.05, 3.63) is 69.5 Å². The third kappa shape index (κ3) is 4.20. The maximum absolute atomic E-state index is 12.9. The Bertz CT molecular complexity index is 1130. The molecule has 0 aromatic carbocycles. The second-order valence-electron chi connectivity index (χ2n) is 6.66. The molecule has 0 radical (unpaired) electrons. The zero-order valence-corrected chi connectivity index (χ0v) is 16.7. The summed E-state index contributed by atoms with van der Waals surface area (Å²) in [6.07, 6.45) is 5.96. The minimum Gasteiger partial charge on any atom is -0.294 e. The maximum atomic E-state index is 12.9. The number of nitrogens with two attached hydrogens (primary N) is 1. The zero-order chi connectivity index (χ0) is 20.3. The van der Waals surface area contributed by atoms with Crippen molar-refractivity contribution >= 4 is 10.0 Å². The number of nitrogens with one attached hydrogen (secondary N) is 1. The van der Waals surface area contributed by atoms with Gasteiger partial charge in [0, 0.05) is 30.1 Å². The Morgan fingerprint density at radius 3 is 2.68 bits per heavy atom. The minimum absolute atomic E-state index is 0.00314. The topological polar surface area (TPSA) is 124 Å². The van der Waals surface area contributed by atoms with Crippen molar-refractivity contribution in [1.29, 1.82) is 0 Å². The monoisotopic (exact) mass is 401 g/mol. The molecule has 3 N–H and O–H groups in total. The van der Waals surface area contributed by atoms with Crippen LogP contribution < -0.4 is 10.7 Å². The van der Waals surface area contributed by atoms with Gasteiger partial charge in [-0.15, -0.1) is 0 Å². The van der Waals surface area contributed by atoms with Crippen LogP contribution in [0.15, 0.2) is 46.3 Å². The number of primary sulfonamides is 1. The molecule has 0 bridgehead atoms. The summed E-state index contributed by atoms with van der Waals surface area (Å²) in [6, 6.07) is 6.63. The van der Waals surface area contributed by atoms with E-state index in [4.69, 9.17) is 5.14 Å². The van der Waals surface area contributed by atoms with E-state index in [1.807, 2.05) is 26.0 Å². The van der Waals surface area contributed by atoms with Crippen molar-refractivity contribution in [1.82, 2.24) is 19.7 Å². The molecule has 0 fully saturated rings. The molecule has 8 nitrogen and oxygen atoms in total. The van der Waals surface area contributed by atoms with Gasteiger partial charge in [-0.05, 0) is 43.5 Å². The smallest absolute Gasteiger partial charge is 0.276 e. The second kappa shape index (κ2) is 8.07. The number of aromatic nitrogens is 4. The molecule has 3 aromatic heterocycles. The van der Waals surface area contributed by atoms with Crippen molar-refractivity contribution < 1.29 is 8.42 Å². The van der Waals surface area contributed by atoms with Crippen molar-refractivity contribution in [2.75, 3.05) is 0 Å². The van der Waals surface area contributed by atoms with E-state index in [9.17, 15) is 13.2 Å². The summed E-state index contributed by atoms with van der Waals surface area (Å²) in [7, 11) is -3.88. The molecular weight excluding hydrogens is 378 g/mol. The first kappa shape index (κ1) is 20.0. The van der Waals surface area contributed by atoms with E-state index in [-0.39, 0.29) is 10.5 Å². The van der Waals surface area contributed by atoms with Gasteiger partial charge in [0.1, 0.15) is 4.90 Å². The van der Waals surface area contributed by atoms with Crippen LogP contribution in [-0.4, -0.2) is 28.2 Å². The van der Waals surface area contributed by atoms with Crippen LogP contribution in [0.25, 0.3) is 5.82 Å². The first-order chi connectivity index (χ1) is 13.3. The average molecular weight is 401 g/mol. The maximum Gasteiger partial charge on any atom is 0.276 e. The van der Waals surface area contributed by atoms with Crippen LogP contribution in [0.5, 0.6) is 0 Å². The molecule has 148 valence electrons. The second-order valence-corrected chi connectivity index (χ2v) is 8.19. The summed E-state index contributed by atoms with van der Waals surface area (Å²) in [4.78, 5) is 21.4. The molecule has 0 aliphatic carbocycles. The Balaban J connectivity index is 2.04. The van der Waals surface area contributed by atoms with Gasteiger partial charge in [-0.25, -0.2) is 23.2 Å². The quantitative estimate of drug-likeness (QED) is 0.625. The minimum atomic E-state index is -3.88. The number of pyridine rings is 2. The van der Waals surface area contributed by atoms with Crippen molar-refractivity contribution in [2.24, 2.45) is 5.14 Å². The number of unbranched alkanes of at least 4 members (excludes halogenated alkanes) is 1. The third-order valence-electron chi connectivity index (χ3n) is 4.52. The lowest BCUT2D eigenvalue weighted by molar-refractivity contribution is 0.594. The number of rotatable bonds is 7. The van der Waals surface area contributed by atoms with Crippen LogP contribution in [0.4, 0.5) is 0 Å². The highest BCUT2D eigenvalue weighted by molar-refractivity contribution is 7.89. The molecule has 0 spiro atoms. The molecule has 0 unspecified atom stereocenters. The number of hydrogen-bond donors (Lipinski definition) is 2. The largest absolute Gasteiger partial charge is 0.294 e. The van der Waals surface area contributed by atoms with E-state index in [1.165, 1.54) is 16.8 Å². The van der Waals surface area contributed by atoms with Crippen LogP contribution >= 0.6 is 0 Å². The highest BCUT2D eigenvalue weighted by Crippen LogP contribution is 2.17. The summed E-state index contributed by atoms with van der Waals surface area (Å²) in [5.41, 5.74) is 2.41. The van der Waals surface area contributed by atoms with Crippen molar-refractivity contribution in [2.45, 2.75) is 44.4 Å². The van der Waals surface area contributed by atoms with Crippen LogP contribution in [0.1, 0.15) is 42.3 Å². The molecule has 9 heteroatoms. The molecule has 0 aliphatic heterocycles. The molecule has 3 rings (SSSR count). The molecule has 3 aromatic rings. The number of nitrogens with zero attached hydrogens (tertiary/aromatic N) is 3. The van der Waals surface area contributed by atoms with Gasteiger partial charge in [0.05, 0.1) is 5.69 Å². The van der Waals surface area contributed by atoms with Crippen molar-refractivity contribution in [3.8, 4) is 5.82 Å². The van der Waals surface area contributed by atoms with E-state index >= 15 is 0 Å². The summed E-state index contributed by atoms with van der Waals surface area (Å²) < 4.78 is 25.0. The predicted molar refractivity (Wildman–Crippen MR) is 106 cm³/mol. The van der Waals surface area contributed by atoms with Gasteiger partial charge in [0.15, 0.2) is 5.82 Å². The van der Waals surface area contributed by atoms with Gasteiger partial charge in [0.25, 0.3) is 5.56 Å². The SMILES string of the molecule is CCCCc1nc(-n2[nH]c(C)c(Cc3cccnc3)c2=O)ccc1S(N)(=O)=O. The number of hydrogen-bond acceptors (Lipinski definition) is 5. The standard InChI is InChI=1S/C19H23N5O3S/c1-3-4-7-16-17(28(20,26)27)8-9-18(22-16)24-19(25)15(13(2)23-24)11-14-6-5-10-21-12-14/h5-6,8-10,12,23H,3-4,7,11H2,1-2H3,(H2,20,26,27). The van der Waals surface area contributed by atoms with E-state index in [2.05, 4.69) is 15.1 Å². The van der Waals surface area contributed by atoms with Gasteiger partial charge in [-0.3, -0.25) is 14.9 Å². The zero-order valence-electron chi connectivity index (χ0n) is 15.8. The highest BCUT2D eigenvalue weighted by Gasteiger charge is 2.19. The Hall–Kier alpha value is -2.78. The lowest BCUT2D eigenvalue weighted by atomic mass is 10.1. The van der Waals surface area contributed by atoms with Crippen molar-refractivity contribution in [3.63, 3.8) is 0 Å². The summed E-state index contributed by atoms with van der Waals surface area (Å²) >= 11 is 0. The van der Waals surface area contributed by atoms with Gasteiger partial charge >= 0.3 is 0 Å². The van der Waals surface area contributed by atoms with Gasteiger partial charge < -0.3 is 0 Å². The lowest BCUT2D eigenvalue weighted by Gasteiger charge is -2.09.